The molecule has 1 aromatic carbocycles. The second-order valence-electron chi connectivity index (χ2n) is 3.36. The van der Waals surface area contributed by atoms with Gasteiger partial charge in [-0.1, -0.05) is 6.92 Å². The van der Waals surface area contributed by atoms with Crippen LogP contribution in [0.3, 0.4) is 0 Å². The Morgan fingerprint density at radius 1 is 1.44 bits per heavy atom. The zero-order valence-electron chi connectivity index (χ0n) is 8.61. The number of esters is 1. The van der Waals surface area contributed by atoms with Crippen molar-refractivity contribution in [2.75, 3.05) is 7.11 Å². The quantitative estimate of drug-likeness (QED) is 0.621. The predicted octanol–water partition coefficient (Wildman–Crippen LogP) is 3.17. The lowest BCUT2D eigenvalue weighted by Crippen LogP contribution is -2.30. The van der Waals surface area contributed by atoms with Gasteiger partial charge in [-0.2, -0.15) is 0 Å². The van der Waals surface area contributed by atoms with E-state index in [2.05, 4.69) is 20.7 Å². The highest BCUT2D eigenvalue weighted by molar-refractivity contribution is 9.10. The third-order valence-corrected chi connectivity index (χ3v) is 2.75. The molecule has 1 rings (SSSR count). The smallest absolute Gasteiger partial charge is 0.294 e. The number of benzene rings is 1. The SMILES string of the molecule is COC(=O)C(C)([NH-])c1cc(Br)c(F)cc1F. The maximum absolute atomic E-state index is 13.4. The van der Waals surface area contributed by atoms with Crippen molar-refractivity contribution >= 4 is 21.9 Å². The van der Waals surface area contributed by atoms with E-state index in [9.17, 15) is 13.6 Å². The molecule has 1 unspecified atom stereocenters. The van der Waals surface area contributed by atoms with Crippen molar-refractivity contribution in [3.63, 3.8) is 0 Å². The van der Waals surface area contributed by atoms with Crippen LogP contribution in [0.4, 0.5) is 8.78 Å². The summed E-state index contributed by atoms with van der Waals surface area (Å²) in [5.74, 6) is -2.66. The van der Waals surface area contributed by atoms with Crippen molar-refractivity contribution in [2.24, 2.45) is 0 Å². The second kappa shape index (κ2) is 4.47. The highest BCUT2D eigenvalue weighted by atomic mass is 79.9. The van der Waals surface area contributed by atoms with Crippen LogP contribution >= 0.6 is 15.9 Å². The van der Waals surface area contributed by atoms with Crippen LogP contribution in [-0.2, 0) is 15.1 Å². The van der Waals surface area contributed by atoms with Gasteiger partial charge >= 0.3 is 0 Å². The van der Waals surface area contributed by atoms with E-state index in [-0.39, 0.29) is 10.0 Å². The molecule has 0 spiro atoms. The zero-order chi connectivity index (χ0) is 12.5. The van der Waals surface area contributed by atoms with Gasteiger partial charge in [-0.3, -0.25) is 4.79 Å². The average Bonchev–Trinajstić information content (AvgIpc) is 2.21. The van der Waals surface area contributed by atoms with Gasteiger partial charge in [0.25, 0.3) is 5.97 Å². The minimum Gasteiger partial charge on any atom is -0.659 e. The van der Waals surface area contributed by atoms with Gasteiger partial charge in [0, 0.05) is 11.6 Å². The van der Waals surface area contributed by atoms with Gasteiger partial charge in [0.15, 0.2) is 0 Å². The van der Waals surface area contributed by atoms with Crippen molar-refractivity contribution in [1.82, 2.24) is 0 Å². The van der Waals surface area contributed by atoms with E-state index in [1.165, 1.54) is 6.92 Å². The Morgan fingerprint density at radius 3 is 2.50 bits per heavy atom. The maximum Gasteiger partial charge on any atom is 0.294 e. The molecule has 0 fully saturated rings. The van der Waals surface area contributed by atoms with Gasteiger partial charge < -0.3 is 10.5 Å². The summed E-state index contributed by atoms with van der Waals surface area (Å²) in [6, 6.07) is 1.68. The van der Waals surface area contributed by atoms with Crippen molar-refractivity contribution in [3.8, 4) is 0 Å². The minimum absolute atomic E-state index is 0.00808. The van der Waals surface area contributed by atoms with Crippen LogP contribution in [0.25, 0.3) is 5.73 Å². The standard InChI is InChI=1S/C10H9BrF2NO2/c1-10(14,9(15)16-2)5-3-6(11)8(13)4-7(5)12/h3-4,14H,1-2H3/q-1. The first-order chi connectivity index (χ1) is 7.30. The number of methoxy groups -OCH3 is 1. The summed E-state index contributed by atoms with van der Waals surface area (Å²) in [5, 5.41) is 0. The lowest BCUT2D eigenvalue weighted by atomic mass is 9.93. The Bertz CT molecular complexity index is 435. The van der Waals surface area contributed by atoms with Crippen molar-refractivity contribution in [1.29, 1.82) is 0 Å². The fourth-order valence-corrected chi connectivity index (χ4v) is 1.56. The summed E-state index contributed by atoms with van der Waals surface area (Å²) in [4.78, 5) is 11.3. The number of hydrogen-bond acceptors (Lipinski definition) is 2. The molecular formula is C10H9BrF2NO2-. The van der Waals surface area contributed by atoms with E-state index in [0.29, 0.717) is 6.07 Å². The molecule has 6 heteroatoms. The summed E-state index contributed by atoms with van der Waals surface area (Å²) >= 11 is 2.87. The Balaban J connectivity index is 3.33. The van der Waals surface area contributed by atoms with Crippen LogP contribution in [0.1, 0.15) is 12.5 Å². The Labute approximate surface area is 99.7 Å². The number of carbonyl (C=O) groups excluding carboxylic acids is 1. The maximum atomic E-state index is 13.4. The largest absolute Gasteiger partial charge is 0.659 e. The molecule has 0 heterocycles. The summed E-state index contributed by atoms with van der Waals surface area (Å²) < 4.78 is 30.8. The van der Waals surface area contributed by atoms with Gasteiger partial charge in [0.1, 0.15) is 11.6 Å². The summed E-state index contributed by atoms with van der Waals surface area (Å²) in [5.41, 5.74) is 5.57. The highest BCUT2D eigenvalue weighted by Crippen LogP contribution is 2.31. The lowest BCUT2D eigenvalue weighted by molar-refractivity contribution is -0.145. The van der Waals surface area contributed by atoms with Crippen LogP contribution in [0, 0.1) is 11.6 Å². The van der Waals surface area contributed by atoms with E-state index < -0.39 is 23.1 Å². The van der Waals surface area contributed by atoms with Crippen LogP contribution in [0.15, 0.2) is 16.6 Å². The molecule has 0 radical (unpaired) electrons. The highest BCUT2D eigenvalue weighted by Gasteiger charge is 2.27. The van der Waals surface area contributed by atoms with E-state index >= 15 is 0 Å². The molecule has 0 aliphatic heterocycles. The van der Waals surface area contributed by atoms with Gasteiger partial charge in [0.2, 0.25) is 0 Å². The molecule has 3 nitrogen and oxygen atoms in total. The third-order valence-electron chi connectivity index (χ3n) is 2.14. The van der Waals surface area contributed by atoms with Crippen LogP contribution in [0.5, 0.6) is 0 Å². The van der Waals surface area contributed by atoms with Gasteiger partial charge in [-0.05, 0) is 27.6 Å². The van der Waals surface area contributed by atoms with Crippen LogP contribution < -0.4 is 0 Å². The second-order valence-corrected chi connectivity index (χ2v) is 4.22. The molecule has 88 valence electrons. The number of carbonyl (C=O) groups is 1. The number of halogens is 3. The molecule has 0 aromatic heterocycles. The molecule has 0 aliphatic rings. The Hall–Kier alpha value is -1.01. The van der Waals surface area contributed by atoms with Crippen LogP contribution in [0.2, 0.25) is 0 Å². The third kappa shape index (κ3) is 2.22. The lowest BCUT2D eigenvalue weighted by Gasteiger charge is -2.31. The zero-order valence-corrected chi connectivity index (χ0v) is 10.2. The first-order valence-electron chi connectivity index (χ1n) is 4.29. The van der Waals surface area contributed by atoms with E-state index in [1.807, 2.05) is 0 Å². The Kier molecular flexibility index (Phi) is 3.64. The van der Waals surface area contributed by atoms with E-state index in [1.54, 1.807) is 0 Å². The summed E-state index contributed by atoms with van der Waals surface area (Å²) in [6.07, 6.45) is 0. The molecule has 1 N–H and O–H groups in total. The summed E-state index contributed by atoms with van der Waals surface area (Å²) in [6.45, 7) is 1.18. The minimum atomic E-state index is -1.91. The van der Waals surface area contributed by atoms with Crippen molar-refractivity contribution in [3.05, 3.63) is 39.5 Å². The molecule has 16 heavy (non-hydrogen) atoms. The molecular weight excluding hydrogens is 284 g/mol. The molecule has 0 bridgehead atoms. The molecule has 0 saturated carbocycles. The Morgan fingerprint density at radius 2 is 2.00 bits per heavy atom. The first-order valence-corrected chi connectivity index (χ1v) is 5.08. The fourth-order valence-electron chi connectivity index (χ4n) is 1.22. The molecule has 0 aliphatic carbocycles. The normalized spacial score (nSPS) is 14.4. The number of nitrogens with one attached hydrogen (secondary N) is 1. The molecule has 1 aromatic rings. The monoisotopic (exact) mass is 292 g/mol. The van der Waals surface area contributed by atoms with Crippen molar-refractivity contribution < 1.29 is 18.3 Å². The van der Waals surface area contributed by atoms with E-state index in [0.717, 1.165) is 13.2 Å². The first kappa shape index (κ1) is 13.1. The molecule has 1 atom stereocenters. The number of hydrogen-bond donors (Lipinski definition) is 0. The van der Waals surface area contributed by atoms with Gasteiger partial charge in [0.05, 0.1) is 11.6 Å². The molecule has 0 saturated heterocycles. The topological polar surface area (TPSA) is 50.1 Å². The van der Waals surface area contributed by atoms with Gasteiger partial charge in [-0.15, -0.1) is 0 Å². The molecule has 0 amide bonds. The fraction of sp³-hybridized carbons (Fsp3) is 0.300. The number of ether oxygens (including phenoxy) is 1. The average molecular weight is 293 g/mol. The van der Waals surface area contributed by atoms with Gasteiger partial charge in [-0.25, -0.2) is 8.78 Å². The number of rotatable bonds is 2. The summed E-state index contributed by atoms with van der Waals surface area (Å²) in [7, 11) is 1.10. The van der Waals surface area contributed by atoms with Crippen LogP contribution in [-0.4, -0.2) is 13.1 Å². The predicted molar refractivity (Wildman–Crippen MR) is 57.7 cm³/mol. The van der Waals surface area contributed by atoms with E-state index in [4.69, 9.17) is 5.73 Å². The van der Waals surface area contributed by atoms with Crippen molar-refractivity contribution in [2.45, 2.75) is 12.5 Å².